The van der Waals surface area contributed by atoms with Crippen molar-refractivity contribution in [2.75, 3.05) is 11.9 Å². The molecule has 1 aliphatic heterocycles. The number of hydrogen-bond acceptors (Lipinski definition) is 7. The normalized spacial score (nSPS) is 15.7. The van der Waals surface area contributed by atoms with Crippen molar-refractivity contribution in [3.63, 3.8) is 0 Å². The first-order chi connectivity index (χ1) is 19.0. The molecule has 3 aromatic rings. The lowest BCUT2D eigenvalue weighted by atomic mass is 9.95. The molecule has 214 valence electrons. The van der Waals surface area contributed by atoms with Gasteiger partial charge < -0.3 is 25.6 Å². The van der Waals surface area contributed by atoms with E-state index in [4.69, 9.17) is 4.74 Å². The van der Waals surface area contributed by atoms with Crippen LogP contribution in [0.5, 0.6) is 0 Å². The quantitative estimate of drug-likeness (QED) is 0.213. The van der Waals surface area contributed by atoms with Crippen LogP contribution >= 0.6 is 22.7 Å². The topological polar surface area (TPSA) is 120 Å². The lowest BCUT2D eigenvalue weighted by Gasteiger charge is -2.26. The number of nitrogens with one attached hydrogen (secondary N) is 3. The number of carbonyl (C=O) groups is 2. The molecule has 5 N–H and O–H groups in total. The number of carboxylic acid groups (broad SMARTS) is 1. The van der Waals surface area contributed by atoms with Crippen LogP contribution in [0.4, 0.5) is 9.80 Å². The molecule has 1 atom stereocenters. The summed E-state index contributed by atoms with van der Waals surface area (Å²) in [5.41, 5.74) is 5.70. The Balaban J connectivity index is 1.39. The fourth-order valence-corrected chi connectivity index (χ4v) is 8.24. The standard InChI is InChI=1S/C30H37N3O5S2/c1-16-13-17(27(34)35)9-10-18(16)25-21(19-11-12-31-15-23(19)39-25)14-32-29(37)33-26-24(28(36)38-30(2,3)4)20-7-5-6-8-22(20)40-26/h9-10,13,28,31,36H,5-8,11-12,14-15H2,1-4H3,(H,34,35)(H2,32,33,37). The molecule has 10 heteroatoms. The number of carboxylic acids is 1. The van der Waals surface area contributed by atoms with Crippen LogP contribution in [0.15, 0.2) is 18.2 Å². The maximum Gasteiger partial charge on any atom is 0.335 e. The highest BCUT2D eigenvalue weighted by Gasteiger charge is 2.30. The monoisotopic (exact) mass is 583 g/mol. The van der Waals surface area contributed by atoms with E-state index in [2.05, 4.69) is 16.0 Å². The molecule has 1 aliphatic carbocycles. The molecule has 0 saturated heterocycles. The molecule has 2 aromatic heterocycles. The minimum Gasteiger partial charge on any atom is -0.478 e. The molecule has 2 aliphatic rings. The van der Waals surface area contributed by atoms with Gasteiger partial charge in [0.15, 0.2) is 6.29 Å². The van der Waals surface area contributed by atoms with Gasteiger partial charge in [0.25, 0.3) is 0 Å². The van der Waals surface area contributed by atoms with E-state index < -0.39 is 17.9 Å². The Kier molecular flexibility index (Phi) is 8.35. The molecule has 0 bridgehead atoms. The molecule has 5 rings (SSSR count). The molecule has 0 fully saturated rings. The fraction of sp³-hybridized carbons (Fsp3) is 0.467. The van der Waals surface area contributed by atoms with Gasteiger partial charge in [-0.05, 0) is 106 Å². The number of thiophene rings is 2. The van der Waals surface area contributed by atoms with Crippen LogP contribution < -0.4 is 16.0 Å². The highest BCUT2D eigenvalue weighted by Crippen LogP contribution is 2.43. The summed E-state index contributed by atoms with van der Waals surface area (Å²) in [6, 6.07) is 4.87. The van der Waals surface area contributed by atoms with Gasteiger partial charge in [-0.2, -0.15) is 0 Å². The summed E-state index contributed by atoms with van der Waals surface area (Å²) in [4.78, 5) is 28.3. The number of rotatable bonds is 7. The summed E-state index contributed by atoms with van der Waals surface area (Å²) >= 11 is 3.23. The lowest BCUT2D eigenvalue weighted by Crippen LogP contribution is -2.30. The molecular formula is C30H37N3O5S2. The Morgan fingerprint density at radius 1 is 1.10 bits per heavy atom. The highest BCUT2D eigenvalue weighted by atomic mass is 32.1. The lowest BCUT2D eigenvalue weighted by molar-refractivity contribution is -0.169. The maximum atomic E-state index is 13.3. The van der Waals surface area contributed by atoms with Crippen molar-refractivity contribution < 1.29 is 24.5 Å². The molecule has 0 saturated carbocycles. The number of urea groups is 1. The molecule has 8 nitrogen and oxygen atoms in total. The third-order valence-electron chi connectivity index (χ3n) is 7.33. The minimum atomic E-state index is -1.12. The molecule has 2 amide bonds. The highest BCUT2D eigenvalue weighted by molar-refractivity contribution is 7.16. The van der Waals surface area contributed by atoms with Gasteiger partial charge in [-0.3, -0.25) is 5.32 Å². The second kappa shape index (κ2) is 11.6. The molecule has 0 spiro atoms. The number of aliphatic hydroxyl groups excluding tert-OH is 1. The van der Waals surface area contributed by atoms with Crippen molar-refractivity contribution in [3.8, 4) is 10.4 Å². The van der Waals surface area contributed by atoms with Crippen molar-refractivity contribution in [2.24, 2.45) is 0 Å². The Bertz CT molecular complexity index is 1440. The van der Waals surface area contributed by atoms with Gasteiger partial charge in [0.05, 0.1) is 11.2 Å². The summed E-state index contributed by atoms with van der Waals surface area (Å²) in [6.45, 7) is 9.62. The predicted molar refractivity (Wildman–Crippen MR) is 159 cm³/mol. The number of aliphatic hydroxyl groups is 1. The number of aryl methyl sites for hydroxylation is 2. The van der Waals surface area contributed by atoms with E-state index in [0.717, 1.165) is 72.3 Å². The first kappa shape index (κ1) is 28.8. The summed E-state index contributed by atoms with van der Waals surface area (Å²) in [5, 5.41) is 30.6. The predicted octanol–water partition coefficient (Wildman–Crippen LogP) is 6.14. The molecular weight excluding hydrogens is 546 g/mol. The van der Waals surface area contributed by atoms with Crippen molar-refractivity contribution in [3.05, 3.63) is 61.3 Å². The van der Waals surface area contributed by atoms with Gasteiger partial charge in [0.1, 0.15) is 5.00 Å². The third kappa shape index (κ3) is 6.11. The van der Waals surface area contributed by atoms with E-state index in [1.54, 1.807) is 23.5 Å². The van der Waals surface area contributed by atoms with E-state index in [1.807, 2.05) is 33.8 Å². The van der Waals surface area contributed by atoms with Crippen LogP contribution in [0.1, 0.15) is 87.8 Å². The first-order valence-electron chi connectivity index (χ1n) is 13.8. The first-order valence-corrected chi connectivity index (χ1v) is 15.4. The number of benzene rings is 1. The zero-order valence-electron chi connectivity index (χ0n) is 23.4. The summed E-state index contributed by atoms with van der Waals surface area (Å²) in [5.74, 6) is -0.949. The minimum absolute atomic E-state index is 0.260. The van der Waals surface area contributed by atoms with Crippen molar-refractivity contribution in [2.45, 2.75) is 84.8 Å². The number of fused-ring (bicyclic) bond motifs is 2. The van der Waals surface area contributed by atoms with Crippen LogP contribution in [0.25, 0.3) is 10.4 Å². The third-order valence-corrected chi connectivity index (χ3v) is 9.86. The molecule has 3 heterocycles. The van der Waals surface area contributed by atoms with Crippen molar-refractivity contribution in [1.82, 2.24) is 10.6 Å². The van der Waals surface area contributed by atoms with Crippen LogP contribution in [0, 0.1) is 6.92 Å². The van der Waals surface area contributed by atoms with Crippen LogP contribution in [-0.4, -0.2) is 34.4 Å². The second-order valence-electron chi connectivity index (χ2n) is 11.4. The Hall–Kier alpha value is -2.76. The van der Waals surface area contributed by atoms with E-state index in [-0.39, 0.29) is 11.6 Å². The number of carbonyl (C=O) groups excluding carboxylic acids is 1. The van der Waals surface area contributed by atoms with E-state index in [1.165, 1.54) is 26.7 Å². The number of hydrogen-bond donors (Lipinski definition) is 5. The van der Waals surface area contributed by atoms with Gasteiger partial charge in [-0.15, -0.1) is 22.7 Å². The second-order valence-corrected chi connectivity index (χ2v) is 13.6. The van der Waals surface area contributed by atoms with E-state index in [0.29, 0.717) is 17.1 Å². The van der Waals surface area contributed by atoms with E-state index in [9.17, 15) is 19.8 Å². The van der Waals surface area contributed by atoms with Crippen molar-refractivity contribution in [1.29, 1.82) is 0 Å². The Labute approximate surface area is 242 Å². The van der Waals surface area contributed by atoms with Gasteiger partial charge in [-0.25, -0.2) is 9.59 Å². The number of aromatic carboxylic acids is 1. The van der Waals surface area contributed by atoms with Crippen LogP contribution in [-0.2, 0) is 37.1 Å². The van der Waals surface area contributed by atoms with Crippen LogP contribution in [0.3, 0.4) is 0 Å². The average Bonchev–Trinajstić information content (AvgIpc) is 3.44. The summed E-state index contributed by atoms with van der Waals surface area (Å²) in [6.07, 6.45) is 3.72. The SMILES string of the molecule is Cc1cc(C(=O)O)ccc1-c1sc2c(c1CNC(=O)Nc1sc3c(c1C(O)OC(C)(C)C)CCCC3)CCNC2. The molecule has 40 heavy (non-hydrogen) atoms. The molecule has 1 aromatic carbocycles. The average molecular weight is 584 g/mol. The van der Waals surface area contributed by atoms with Crippen molar-refractivity contribution >= 4 is 39.7 Å². The molecule has 0 radical (unpaired) electrons. The smallest absolute Gasteiger partial charge is 0.335 e. The van der Waals surface area contributed by atoms with E-state index >= 15 is 0 Å². The Morgan fingerprint density at radius 3 is 2.60 bits per heavy atom. The summed E-state index contributed by atoms with van der Waals surface area (Å²) < 4.78 is 5.90. The maximum absolute atomic E-state index is 13.3. The van der Waals surface area contributed by atoms with Gasteiger partial charge >= 0.3 is 12.0 Å². The summed E-state index contributed by atoms with van der Waals surface area (Å²) in [7, 11) is 0. The van der Waals surface area contributed by atoms with Gasteiger partial charge in [0.2, 0.25) is 0 Å². The number of ether oxygens (including phenoxy) is 1. The largest absolute Gasteiger partial charge is 0.478 e. The Morgan fingerprint density at radius 2 is 1.88 bits per heavy atom. The van der Waals surface area contributed by atoms with Crippen LogP contribution in [0.2, 0.25) is 0 Å². The number of anilines is 1. The van der Waals surface area contributed by atoms with Gasteiger partial charge in [-0.1, -0.05) is 6.07 Å². The van der Waals surface area contributed by atoms with Gasteiger partial charge in [0, 0.05) is 33.3 Å². The fourth-order valence-electron chi connectivity index (χ4n) is 5.51. The zero-order valence-corrected chi connectivity index (χ0v) is 25.0. The number of amides is 2. The zero-order chi connectivity index (χ0) is 28.6. The molecule has 1 unspecified atom stereocenters.